The predicted molar refractivity (Wildman–Crippen MR) is 182 cm³/mol. The molecule has 246 valence electrons. The van der Waals surface area contributed by atoms with Gasteiger partial charge in [-0.05, 0) is 88.8 Å². The summed E-state index contributed by atoms with van der Waals surface area (Å²) in [6.07, 6.45) is 6.16. The first kappa shape index (κ1) is 33.7. The molecule has 1 fully saturated rings. The highest BCUT2D eigenvalue weighted by Crippen LogP contribution is 2.47. The van der Waals surface area contributed by atoms with Gasteiger partial charge in [-0.15, -0.1) is 0 Å². The van der Waals surface area contributed by atoms with Crippen LogP contribution in [0, 0.1) is 6.92 Å². The molecule has 1 saturated carbocycles. The van der Waals surface area contributed by atoms with Crippen molar-refractivity contribution in [3.63, 3.8) is 0 Å². The first-order chi connectivity index (χ1) is 21.9. The van der Waals surface area contributed by atoms with E-state index in [0.717, 1.165) is 42.0 Å². The van der Waals surface area contributed by atoms with Gasteiger partial charge in [0.1, 0.15) is 12.4 Å². The predicted octanol–water partition coefficient (Wildman–Crippen LogP) is 6.55. The first-order valence-corrected chi connectivity index (χ1v) is 17.4. The highest BCUT2D eigenvalue weighted by Gasteiger charge is 2.31. The molecule has 0 spiro atoms. The van der Waals surface area contributed by atoms with E-state index in [9.17, 15) is 18.3 Å². The van der Waals surface area contributed by atoms with E-state index in [1.54, 1.807) is 18.2 Å². The fourth-order valence-electron chi connectivity index (χ4n) is 6.55. The van der Waals surface area contributed by atoms with E-state index >= 15 is 0 Å². The number of fused-ring (bicyclic) bond motifs is 5. The number of aromatic carboxylic acids is 1. The van der Waals surface area contributed by atoms with E-state index in [0.29, 0.717) is 18.1 Å². The molecule has 1 atom stereocenters. The number of hydrogen-bond acceptors (Lipinski definition) is 6. The standard InChI is InChI=1S/C29H37N3O3.C7H8O3S/c1-30(2)15-16-31(3)22-18-32-25-17-21(29(33)34)13-14-23(25)27(20-9-5-4-6-10-20)28(32)24-11-7-8-12-26(24)35-19-22;1-6-2-4-7(5-3-6)11(8,9)10/h7-8,11-14,17,20,22H,4-6,9-10,15-16,18-19H2,1-3H3,(H,33,34);2-5H,1H3,(H,8,9,10)/t22-;/m1./s1. The molecule has 0 radical (unpaired) electrons. The smallest absolute Gasteiger partial charge is 0.335 e. The summed E-state index contributed by atoms with van der Waals surface area (Å²) < 4.78 is 38.4. The molecule has 3 aromatic carbocycles. The van der Waals surface area contributed by atoms with Crippen LogP contribution in [-0.2, 0) is 16.7 Å². The van der Waals surface area contributed by atoms with Gasteiger partial charge in [0, 0.05) is 36.1 Å². The number of para-hydroxylation sites is 1. The molecule has 6 rings (SSSR count). The minimum absolute atomic E-state index is 0.0666. The van der Waals surface area contributed by atoms with Crippen LogP contribution in [0.4, 0.5) is 0 Å². The summed E-state index contributed by atoms with van der Waals surface area (Å²) in [6.45, 7) is 5.11. The van der Waals surface area contributed by atoms with Gasteiger partial charge in [0.2, 0.25) is 0 Å². The van der Waals surface area contributed by atoms with E-state index in [1.807, 2.05) is 19.1 Å². The summed E-state index contributed by atoms with van der Waals surface area (Å²) in [5.41, 5.74) is 6.05. The normalized spacial score (nSPS) is 17.0. The monoisotopic (exact) mass is 647 g/mol. The Morgan fingerprint density at radius 2 is 1.65 bits per heavy atom. The summed E-state index contributed by atoms with van der Waals surface area (Å²) in [7, 11) is 2.34. The second kappa shape index (κ2) is 14.4. The third kappa shape index (κ3) is 7.63. The quantitative estimate of drug-likeness (QED) is 0.217. The molecule has 2 N–H and O–H groups in total. The molecular weight excluding hydrogens is 602 g/mol. The van der Waals surface area contributed by atoms with Crippen molar-refractivity contribution in [2.45, 2.75) is 62.4 Å². The number of aryl methyl sites for hydroxylation is 1. The third-order valence-corrected chi connectivity index (χ3v) is 10.0. The Morgan fingerprint density at radius 3 is 2.30 bits per heavy atom. The Kier molecular flexibility index (Phi) is 10.5. The van der Waals surface area contributed by atoms with Crippen LogP contribution in [0.1, 0.15) is 59.5 Å². The molecule has 1 aromatic heterocycles. The summed E-state index contributed by atoms with van der Waals surface area (Å²) in [4.78, 5) is 16.4. The SMILES string of the molecule is CN(C)CCN(C)[C@H]1COc2ccccc2-c2c(C3CCCCC3)c3ccc(C(=O)O)cc3n2C1.Cc1ccc(S(=O)(=O)O)cc1. The number of rotatable bonds is 7. The molecule has 0 bridgehead atoms. The van der Waals surface area contributed by atoms with Gasteiger partial charge in [0.05, 0.1) is 22.2 Å². The van der Waals surface area contributed by atoms with Crippen LogP contribution in [-0.4, -0.2) is 85.3 Å². The number of benzene rings is 3. The van der Waals surface area contributed by atoms with Crippen molar-refractivity contribution in [2.75, 3.05) is 40.8 Å². The van der Waals surface area contributed by atoms with Gasteiger partial charge in [-0.2, -0.15) is 8.42 Å². The molecule has 2 aliphatic rings. The Morgan fingerprint density at radius 1 is 0.957 bits per heavy atom. The van der Waals surface area contributed by atoms with Gasteiger partial charge in [0.25, 0.3) is 10.1 Å². The van der Waals surface area contributed by atoms with Crippen LogP contribution < -0.4 is 4.74 Å². The molecular formula is C36H45N3O6S. The van der Waals surface area contributed by atoms with E-state index in [1.165, 1.54) is 60.9 Å². The number of aromatic nitrogens is 1. The Bertz CT molecular complexity index is 1780. The molecule has 9 nitrogen and oxygen atoms in total. The average molecular weight is 648 g/mol. The molecule has 4 aromatic rings. The van der Waals surface area contributed by atoms with E-state index in [2.05, 4.69) is 59.8 Å². The van der Waals surface area contributed by atoms with Gasteiger partial charge in [-0.3, -0.25) is 9.45 Å². The van der Waals surface area contributed by atoms with Gasteiger partial charge in [0.15, 0.2) is 0 Å². The number of hydrogen-bond donors (Lipinski definition) is 2. The highest BCUT2D eigenvalue weighted by molar-refractivity contribution is 7.85. The molecule has 0 amide bonds. The minimum atomic E-state index is -4.02. The maximum absolute atomic E-state index is 11.9. The van der Waals surface area contributed by atoms with Crippen molar-refractivity contribution in [1.29, 1.82) is 0 Å². The fraction of sp³-hybridized carbons (Fsp3) is 0.417. The van der Waals surface area contributed by atoms with Crippen molar-refractivity contribution in [3.8, 4) is 17.0 Å². The maximum Gasteiger partial charge on any atom is 0.335 e. The molecule has 1 aliphatic heterocycles. The Labute approximate surface area is 272 Å². The number of carboxylic acids is 1. The number of nitrogens with zero attached hydrogens (tertiary/aromatic N) is 3. The van der Waals surface area contributed by atoms with Crippen molar-refractivity contribution < 1.29 is 27.6 Å². The zero-order valence-corrected chi connectivity index (χ0v) is 28.0. The van der Waals surface area contributed by atoms with Crippen LogP contribution in [0.15, 0.2) is 71.6 Å². The van der Waals surface area contributed by atoms with Crippen molar-refractivity contribution in [3.05, 3.63) is 83.4 Å². The maximum atomic E-state index is 11.9. The van der Waals surface area contributed by atoms with Gasteiger partial charge in [-0.1, -0.05) is 55.2 Å². The summed E-state index contributed by atoms with van der Waals surface area (Å²) >= 11 is 0. The average Bonchev–Trinajstić information content (AvgIpc) is 3.33. The van der Waals surface area contributed by atoms with Crippen molar-refractivity contribution >= 4 is 27.0 Å². The number of likely N-dealkylation sites (N-methyl/N-ethyl adjacent to an activating group) is 2. The Balaban J connectivity index is 0.000000322. The zero-order chi connectivity index (χ0) is 33.0. The molecule has 0 unspecified atom stereocenters. The largest absolute Gasteiger partial charge is 0.491 e. The van der Waals surface area contributed by atoms with Gasteiger partial charge < -0.3 is 19.3 Å². The van der Waals surface area contributed by atoms with Crippen molar-refractivity contribution in [2.24, 2.45) is 0 Å². The van der Waals surface area contributed by atoms with Crippen LogP contribution >= 0.6 is 0 Å². The minimum Gasteiger partial charge on any atom is -0.491 e. The lowest BCUT2D eigenvalue weighted by atomic mass is 9.81. The molecule has 1 aliphatic carbocycles. The molecule has 0 saturated heterocycles. The van der Waals surface area contributed by atoms with E-state index < -0.39 is 16.1 Å². The number of carboxylic acid groups (broad SMARTS) is 1. The van der Waals surface area contributed by atoms with E-state index in [-0.39, 0.29) is 10.9 Å². The summed E-state index contributed by atoms with van der Waals surface area (Å²) in [5, 5.41) is 11.0. The Hall–Kier alpha value is -3.70. The zero-order valence-electron chi connectivity index (χ0n) is 27.1. The second-order valence-corrected chi connectivity index (χ2v) is 14.2. The van der Waals surface area contributed by atoms with Crippen LogP contribution in [0.25, 0.3) is 22.2 Å². The van der Waals surface area contributed by atoms with Crippen LogP contribution in [0.5, 0.6) is 5.75 Å². The first-order valence-electron chi connectivity index (χ1n) is 15.9. The lowest BCUT2D eigenvalue weighted by Crippen LogP contribution is -2.43. The number of ether oxygens (including phenoxy) is 1. The summed E-state index contributed by atoms with van der Waals surface area (Å²) in [6, 6.07) is 20.2. The summed E-state index contributed by atoms with van der Waals surface area (Å²) in [5.74, 6) is 0.518. The van der Waals surface area contributed by atoms with E-state index in [4.69, 9.17) is 9.29 Å². The lowest BCUT2D eigenvalue weighted by molar-refractivity contribution is 0.0697. The van der Waals surface area contributed by atoms with Gasteiger partial charge >= 0.3 is 5.97 Å². The van der Waals surface area contributed by atoms with Gasteiger partial charge in [-0.25, -0.2) is 4.79 Å². The van der Waals surface area contributed by atoms with Crippen LogP contribution in [0.3, 0.4) is 0 Å². The second-order valence-electron chi connectivity index (χ2n) is 12.8. The fourth-order valence-corrected chi connectivity index (χ4v) is 7.03. The highest BCUT2D eigenvalue weighted by atomic mass is 32.2. The van der Waals surface area contributed by atoms with Crippen molar-refractivity contribution in [1.82, 2.24) is 14.4 Å². The lowest BCUT2D eigenvalue weighted by Gasteiger charge is -2.33. The topological polar surface area (TPSA) is 112 Å². The number of carbonyl (C=O) groups is 1. The molecule has 46 heavy (non-hydrogen) atoms. The van der Waals surface area contributed by atoms with Crippen LogP contribution in [0.2, 0.25) is 0 Å². The molecule has 2 heterocycles. The third-order valence-electron chi connectivity index (χ3n) is 9.17. The molecule has 10 heteroatoms.